The zero-order valence-electron chi connectivity index (χ0n) is 11.8. The maximum Gasteiger partial charge on any atom is 0.323 e. The average Bonchev–Trinajstić information content (AvgIpc) is 2.29. The van der Waals surface area contributed by atoms with Gasteiger partial charge in [0, 0.05) is 13.1 Å². The summed E-state index contributed by atoms with van der Waals surface area (Å²) < 4.78 is 0. The number of hydrogen-bond donors (Lipinski definition) is 1. The molecule has 0 aromatic rings. The predicted octanol–water partition coefficient (Wildman–Crippen LogP) is 1.04. The Kier molecular flexibility index (Phi) is 4.73. The Morgan fingerprint density at radius 3 is 2.28 bits per heavy atom. The number of likely N-dealkylation sites (N-methyl/N-ethyl adjacent to an activating group) is 1. The van der Waals surface area contributed by atoms with Gasteiger partial charge in [-0.25, -0.2) is 0 Å². The summed E-state index contributed by atoms with van der Waals surface area (Å²) in [7, 11) is 1.68. The van der Waals surface area contributed by atoms with Crippen molar-refractivity contribution in [3.63, 3.8) is 0 Å². The molecule has 0 spiro atoms. The molecule has 1 aliphatic heterocycles. The molecule has 1 saturated heterocycles. The molecular formula is C13H24N2O3. The zero-order chi connectivity index (χ0) is 13.9. The standard InChI is InChI=1S/C13H24N2O3/c1-10-5-7-15(8-6-10)11(16)9-14(4)13(2,3)12(17)18/h10H,5-9H2,1-4H3,(H,17,18). The van der Waals surface area contributed by atoms with Crippen LogP contribution in [0.15, 0.2) is 0 Å². The van der Waals surface area contributed by atoms with E-state index in [0.717, 1.165) is 25.9 Å². The van der Waals surface area contributed by atoms with E-state index in [1.807, 2.05) is 4.90 Å². The van der Waals surface area contributed by atoms with E-state index in [4.69, 9.17) is 5.11 Å². The first-order chi connectivity index (χ1) is 8.25. The first-order valence-electron chi connectivity index (χ1n) is 6.47. The third kappa shape index (κ3) is 3.45. The number of carbonyl (C=O) groups is 2. The van der Waals surface area contributed by atoms with Crippen LogP contribution in [0.2, 0.25) is 0 Å². The largest absolute Gasteiger partial charge is 0.480 e. The third-order valence-electron chi connectivity index (χ3n) is 3.99. The average molecular weight is 256 g/mol. The Balaban J connectivity index is 2.52. The van der Waals surface area contributed by atoms with Crippen LogP contribution in [0.1, 0.15) is 33.6 Å². The van der Waals surface area contributed by atoms with Gasteiger partial charge in [-0.05, 0) is 39.7 Å². The minimum atomic E-state index is -1.02. The van der Waals surface area contributed by atoms with Crippen molar-refractivity contribution in [2.24, 2.45) is 5.92 Å². The van der Waals surface area contributed by atoms with Gasteiger partial charge < -0.3 is 10.0 Å². The first-order valence-corrected chi connectivity index (χ1v) is 6.47. The van der Waals surface area contributed by atoms with Crippen LogP contribution in [0.25, 0.3) is 0 Å². The molecular weight excluding hydrogens is 232 g/mol. The van der Waals surface area contributed by atoms with Crippen molar-refractivity contribution in [1.82, 2.24) is 9.80 Å². The molecule has 5 heteroatoms. The van der Waals surface area contributed by atoms with Crippen LogP contribution in [-0.2, 0) is 9.59 Å². The SMILES string of the molecule is CC1CCN(C(=O)CN(C)C(C)(C)C(=O)O)CC1. The number of carboxylic acid groups (broad SMARTS) is 1. The molecule has 0 bridgehead atoms. The van der Waals surface area contributed by atoms with E-state index in [1.54, 1.807) is 25.8 Å². The van der Waals surface area contributed by atoms with Gasteiger partial charge in [0.15, 0.2) is 0 Å². The number of aliphatic carboxylic acids is 1. The minimum Gasteiger partial charge on any atom is -0.480 e. The second-order valence-electron chi connectivity index (χ2n) is 5.78. The lowest BCUT2D eigenvalue weighted by molar-refractivity contribution is -0.150. The molecule has 18 heavy (non-hydrogen) atoms. The summed E-state index contributed by atoms with van der Waals surface area (Å²) in [4.78, 5) is 26.6. The molecule has 0 aromatic heterocycles. The third-order valence-corrected chi connectivity index (χ3v) is 3.99. The normalized spacial score (nSPS) is 18.2. The minimum absolute atomic E-state index is 0.0266. The molecule has 0 unspecified atom stereocenters. The lowest BCUT2D eigenvalue weighted by Gasteiger charge is -2.35. The van der Waals surface area contributed by atoms with Crippen LogP contribution in [-0.4, -0.2) is 59.0 Å². The first kappa shape index (κ1) is 15.0. The molecule has 5 nitrogen and oxygen atoms in total. The molecule has 0 aromatic carbocycles. The van der Waals surface area contributed by atoms with Crippen LogP contribution in [0, 0.1) is 5.92 Å². The molecule has 1 rings (SSSR count). The molecule has 1 N–H and O–H groups in total. The van der Waals surface area contributed by atoms with Gasteiger partial charge in [0.1, 0.15) is 5.54 Å². The van der Waals surface area contributed by atoms with Crippen molar-refractivity contribution in [2.45, 2.75) is 39.2 Å². The molecule has 104 valence electrons. The number of amides is 1. The second-order valence-corrected chi connectivity index (χ2v) is 5.78. The van der Waals surface area contributed by atoms with Crippen LogP contribution in [0.4, 0.5) is 0 Å². The summed E-state index contributed by atoms with van der Waals surface area (Å²) in [5.74, 6) is -0.203. The van der Waals surface area contributed by atoms with Crippen LogP contribution >= 0.6 is 0 Å². The number of rotatable bonds is 4. The van der Waals surface area contributed by atoms with Gasteiger partial charge in [-0.15, -0.1) is 0 Å². The van der Waals surface area contributed by atoms with Crippen molar-refractivity contribution in [3.8, 4) is 0 Å². The van der Waals surface area contributed by atoms with Crippen molar-refractivity contribution < 1.29 is 14.7 Å². The molecule has 1 aliphatic rings. The monoisotopic (exact) mass is 256 g/mol. The van der Waals surface area contributed by atoms with Gasteiger partial charge in [0.25, 0.3) is 0 Å². The molecule has 1 amide bonds. The Hall–Kier alpha value is -1.10. The maximum atomic E-state index is 12.1. The lowest BCUT2D eigenvalue weighted by atomic mass is 9.99. The summed E-state index contributed by atoms with van der Waals surface area (Å²) in [6.07, 6.45) is 2.08. The van der Waals surface area contributed by atoms with Gasteiger partial charge >= 0.3 is 5.97 Å². The van der Waals surface area contributed by atoms with Crippen molar-refractivity contribution in [3.05, 3.63) is 0 Å². The van der Waals surface area contributed by atoms with Crippen molar-refractivity contribution in [2.75, 3.05) is 26.7 Å². The summed E-state index contributed by atoms with van der Waals surface area (Å²) in [6, 6.07) is 0. The fraction of sp³-hybridized carbons (Fsp3) is 0.846. The fourth-order valence-electron chi connectivity index (χ4n) is 1.92. The second kappa shape index (κ2) is 5.69. The number of nitrogens with zero attached hydrogens (tertiary/aromatic N) is 2. The van der Waals surface area contributed by atoms with Crippen molar-refractivity contribution >= 4 is 11.9 Å². The van der Waals surface area contributed by atoms with Crippen LogP contribution < -0.4 is 0 Å². The molecule has 0 aliphatic carbocycles. The summed E-state index contributed by atoms with van der Waals surface area (Å²) >= 11 is 0. The predicted molar refractivity (Wildman–Crippen MR) is 69.3 cm³/mol. The Bertz CT molecular complexity index is 320. The number of piperidine rings is 1. The molecule has 0 radical (unpaired) electrons. The van der Waals surface area contributed by atoms with E-state index < -0.39 is 11.5 Å². The van der Waals surface area contributed by atoms with Gasteiger partial charge in [-0.1, -0.05) is 6.92 Å². The fourth-order valence-corrected chi connectivity index (χ4v) is 1.92. The number of likely N-dealkylation sites (tertiary alicyclic amines) is 1. The quantitative estimate of drug-likeness (QED) is 0.816. The Morgan fingerprint density at radius 1 is 1.33 bits per heavy atom. The Labute approximate surface area is 109 Å². The molecule has 0 saturated carbocycles. The van der Waals surface area contributed by atoms with E-state index in [0.29, 0.717) is 5.92 Å². The molecule has 1 heterocycles. The van der Waals surface area contributed by atoms with Gasteiger partial charge in [-0.3, -0.25) is 14.5 Å². The highest BCUT2D eigenvalue weighted by Crippen LogP contribution is 2.17. The zero-order valence-corrected chi connectivity index (χ0v) is 11.8. The number of carboxylic acids is 1. The van der Waals surface area contributed by atoms with Gasteiger partial charge in [-0.2, -0.15) is 0 Å². The molecule has 1 fully saturated rings. The van der Waals surface area contributed by atoms with Crippen molar-refractivity contribution in [1.29, 1.82) is 0 Å². The molecule has 0 atom stereocenters. The van der Waals surface area contributed by atoms with Crippen LogP contribution in [0.5, 0.6) is 0 Å². The highest BCUT2D eigenvalue weighted by Gasteiger charge is 2.34. The highest BCUT2D eigenvalue weighted by molar-refractivity contribution is 5.81. The van der Waals surface area contributed by atoms with E-state index in [1.165, 1.54) is 0 Å². The number of hydrogen-bond acceptors (Lipinski definition) is 3. The summed E-state index contributed by atoms with van der Waals surface area (Å²) in [5, 5.41) is 9.10. The van der Waals surface area contributed by atoms with E-state index in [9.17, 15) is 9.59 Å². The number of carbonyl (C=O) groups excluding carboxylic acids is 1. The van der Waals surface area contributed by atoms with E-state index >= 15 is 0 Å². The summed E-state index contributed by atoms with van der Waals surface area (Å²) in [6.45, 7) is 7.17. The highest BCUT2D eigenvalue weighted by atomic mass is 16.4. The van der Waals surface area contributed by atoms with E-state index in [-0.39, 0.29) is 12.5 Å². The summed E-state index contributed by atoms with van der Waals surface area (Å²) in [5.41, 5.74) is -1.02. The van der Waals surface area contributed by atoms with E-state index in [2.05, 4.69) is 6.92 Å². The lowest BCUT2D eigenvalue weighted by Crippen LogP contribution is -2.52. The smallest absolute Gasteiger partial charge is 0.323 e. The maximum absolute atomic E-state index is 12.1. The Morgan fingerprint density at radius 2 is 1.83 bits per heavy atom. The van der Waals surface area contributed by atoms with Crippen LogP contribution in [0.3, 0.4) is 0 Å². The van der Waals surface area contributed by atoms with Gasteiger partial charge in [0.2, 0.25) is 5.91 Å². The topological polar surface area (TPSA) is 60.9 Å². The van der Waals surface area contributed by atoms with Gasteiger partial charge in [0.05, 0.1) is 6.54 Å².